The molecule has 0 radical (unpaired) electrons. The molecule has 0 saturated heterocycles. The van der Waals surface area contributed by atoms with Crippen molar-refractivity contribution in [3.63, 3.8) is 0 Å². The van der Waals surface area contributed by atoms with E-state index in [0.717, 1.165) is 52.5 Å². The Hall–Kier alpha value is -7.94. The molecule has 0 bridgehead atoms. The number of anilines is 6. The van der Waals surface area contributed by atoms with E-state index in [1.54, 1.807) is 0 Å². The molecule has 0 aliphatic heterocycles. The second-order valence-electron chi connectivity index (χ2n) is 17.7. The van der Waals surface area contributed by atoms with Gasteiger partial charge in [-0.2, -0.15) is 0 Å². The fourth-order valence-electron chi connectivity index (χ4n) is 9.97. The fraction of sp³-hybridized carbons (Fsp3) is 0.0794. The zero-order valence-corrected chi connectivity index (χ0v) is 36.9. The van der Waals surface area contributed by atoms with Gasteiger partial charge in [-0.05, 0) is 152 Å². The van der Waals surface area contributed by atoms with Crippen LogP contribution in [0.15, 0.2) is 243 Å². The van der Waals surface area contributed by atoms with Gasteiger partial charge in [0.15, 0.2) is 0 Å². The van der Waals surface area contributed by atoms with Crippen molar-refractivity contribution in [3.8, 4) is 44.5 Å². The molecule has 0 unspecified atom stereocenters. The summed E-state index contributed by atoms with van der Waals surface area (Å²) in [5.41, 5.74) is 21.8. The summed E-state index contributed by atoms with van der Waals surface area (Å²) in [6.45, 7) is 4.71. The molecule has 0 heterocycles. The molecule has 0 aromatic heterocycles. The Morgan fingerprint density at radius 1 is 0.338 bits per heavy atom. The predicted molar refractivity (Wildman–Crippen MR) is 276 cm³/mol. The molecule has 65 heavy (non-hydrogen) atoms. The van der Waals surface area contributed by atoms with Crippen molar-refractivity contribution in [2.75, 3.05) is 9.80 Å². The molecule has 2 heteroatoms. The highest BCUT2D eigenvalue weighted by molar-refractivity contribution is 5.91. The van der Waals surface area contributed by atoms with Crippen LogP contribution in [0.5, 0.6) is 0 Å². The van der Waals surface area contributed by atoms with E-state index in [1.165, 1.54) is 61.2 Å². The standard InChI is InChI=1S/C63H50N2/c1-63(2)61-26-16-15-25-58(61)59-42-40-56(44-62(59)63)65(51-23-13-6-14-24-51)55-39-41-57(60(43-55)49-21-11-5-12-22-49)50-31-37-54(38-32-50)64(52-33-27-47(28-34-52)45-17-7-3-8-18-45)53-35-29-48(30-36-53)46-19-9-4-10-20-46/h3-9,11-19,21-44H,10,20H2,1-2H3. The third kappa shape index (κ3) is 7.58. The Morgan fingerprint density at radius 2 is 0.785 bits per heavy atom. The zero-order chi connectivity index (χ0) is 43.7. The van der Waals surface area contributed by atoms with Crippen molar-refractivity contribution in [2.45, 2.75) is 32.1 Å². The summed E-state index contributed by atoms with van der Waals surface area (Å²) >= 11 is 0. The number of fused-ring (bicyclic) bond motifs is 3. The summed E-state index contributed by atoms with van der Waals surface area (Å²) in [5, 5.41) is 0. The number of hydrogen-bond donors (Lipinski definition) is 0. The molecule has 312 valence electrons. The van der Waals surface area contributed by atoms with E-state index in [9.17, 15) is 0 Å². The van der Waals surface area contributed by atoms with Gasteiger partial charge in [0.05, 0.1) is 0 Å². The minimum atomic E-state index is -0.106. The average molecular weight is 835 g/mol. The van der Waals surface area contributed by atoms with Gasteiger partial charge in [-0.3, -0.25) is 0 Å². The summed E-state index contributed by atoms with van der Waals surface area (Å²) in [6, 6.07) is 82.2. The molecule has 0 fully saturated rings. The van der Waals surface area contributed by atoms with Gasteiger partial charge in [-0.15, -0.1) is 0 Å². The smallest absolute Gasteiger partial charge is 0.0468 e. The molecule has 9 aromatic carbocycles. The molecule has 0 N–H and O–H groups in total. The van der Waals surface area contributed by atoms with Gasteiger partial charge in [0.25, 0.3) is 0 Å². The Labute approximate surface area is 383 Å². The van der Waals surface area contributed by atoms with Crippen molar-refractivity contribution >= 4 is 39.7 Å². The summed E-state index contributed by atoms with van der Waals surface area (Å²) in [4.78, 5) is 4.78. The van der Waals surface area contributed by atoms with Crippen LogP contribution in [0.3, 0.4) is 0 Å². The molecule has 2 aliphatic carbocycles. The van der Waals surface area contributed by atoms with E-state index < -0.39 is 0 Å². The summed E-state index contributed by atoms with van der Waals surface area (Å²) in [6.07, 6.45) is 8.83. The maximum atomic E-state index is 2.41. The SMILES string of the molecule is CC1(C)c2ccccc2-c2ccc(N(c3ccccc3)c3ccc(-c4ccc(N(c5ccc(C6=CC=CCC6)cc5)c5ccc(-c6ccccc6)cc5)cc4)c(-c4ccccc4)c3)cc21. The topological polar surface area (TPSA) is 6.48 Å². The summed E-state index contributed by atoms with van der Waals surface area (Å²) in [7, 11) is 0. The highest BCUT2D eigenvalue weighted by Crippen LogP contribution is 2.51. The van der Waals surface area contributed by atoms with E-state index in [0.29, 0.717) is 0 Å². The minimum absolute atomic E-state index is 0.106. The van der Waals surface area contributed by atoms with Crippen molar-refractivity contribution in [3.05, 3.63) is 259 Å². The third-order valence-electron chi connectivity index (χ3n) is 13.4. The lowest BCUT2D eigenvalue weighted by Gasteiger charge is -2.29. The number of rotatable bonds is 10. The van der Waals surface area contributed by atoms with E-state index in [-0.39, 0.29) is 5.41 Å². The highest BCUT2D eigenvalue weighted by Gasteiger charge is 2.35. The second-order valence-corrected chi connectivity index (χ2v) is 17.7. The van der Waals surface area contributed by atoms with Gasteiger partial charge >= 0.3 is 0 Å². The molecule has 2 nitrogen and oxygen atoms in total. The van der Waals surface area contributed by atoms with Gasteiger partial charge in [0, 0.05) is 39.5 Å². The van der Waals surface area contributed by atoms with Crippen LogP contribution in [-0.4, -0.2) is 0 Å². The normalized spacial score (nSPS) is 13.4. The molecule has 2 aliphatic rings. The Balaban J connectivity index is 0.990. The fourth-order valence-corrected chi connectivity index (χ4v) is 9.97. The first kappa shape index (κ1) is 39.9. The number of hydrogen-bond acceptors (Lipinski definition) is 2. The molecule has 0 atom stereocenters. The Morgan fingerprint density at radius 3 is 1.42 bits per heavy atom. The van der Waals surface area contributed by atoms with Gasteiger partial charge < -0.3 is 9.80 Å². The summed E-state index contributed by atoms with van der Waals surface area (Å²) < 4.78 is 0. The van der Waals surface area contributed by atoms with Gasteiger partial charge in [0.1, 0.15) is 0 Å². The van der Waals surface area contributed by atoms with Crippen molar-refractivity contribution in [1.82, 2.24) is 0 Å². The number of para-hydroxylation sites is 1. The highest BCUT2D eigenvalue weighted by atomic mass is 15.1. The average Bonchev–Trinajstić information content (AvgIpc) is 3.61. The zero-order valence-electron chi connectivity index (χ0n) is 36.9. The van der Waals surface area contributed by atoms with Crippen LogP contribution in [0.4, 0.5) is 34.1 Å². The lowest BCUT2D eigenvalue weighted by molar-refractivity contribution is 0.660. The first-order valence-corrected chi connectivity index (χ1v) is 22.8. The number of nitrogens with zero attached hydrogens (tertiary/aromatic N) is 2. The maximum absolute atomic E-state index is 2.41. The van der Waals surface area contributed by atoms with Crippen LogP contribution >= 0.6 is 0 Å². The monoisotopic (exact) mass is 834 g/mol. The minimum Gasteiger partial charge on any atom is -0.311 e. The first-order chi connectivity index (χ1) is 32.0. The molecule has 0 saturated carbocycles. The largest absolute Gasteiger partial charge is 0.311 e. The molecular weight excluding hydrogens is 785 g/mol. The maximum Gasteiger partial charge on any atom is 0.0468 e. The lowest BCUT2D eigenvalue weighted by atomic mass is 9.82. The van der Waals surface area contributed by atoms with Crippen LogP contribution in [0.1, 0.15) is 43.4 Å². The van der Waals surface area contributed by atoms with E-state index in [2.05, 4.69) is 266 Å². The van der Waals surface area contributed by atoms with Gasteiger partial charge in [-0.1, -0.05) is 184 Å². The second kappa shape index (κ2) is 17.0. The predicted octanol–water partition coefficient (Wildman–Crippen LogP) is 17.7. The van der Waals surface area contributed by atoms with Crippen molar-refractivity contribution < 1.29 is 0 Å². The quantitative estimate of drug-likeness (QED) is 0.135. The molecule has 0 amide bonds. The Kier molecular flexibility index (Phi) is 10.4. The Bertz CT molecular complexity index is 3180. The van der Waals surface area contributed by atoms with E-state index >= 15 is 0 Å². The van der Waals surface area contributed by atoms with Crippen molar-refractivity contribution in [1.29, 1.82) is 0 Å². The third-order valence-corrected chi connectivity index (χ3v) is 13.4. The van der Waals surface area contributed by atoms with Crippen LogP contribution < -0.4 is 9.80 Å². The van der Waals surface area contributed by atoms with E-state index in [4.69, 9.17) is 0 Å². The van der Waals surface area contributed by atoms with Crippen LogP contribution in [-0.2, 0) is 5.41 Å². The van der Waals surface area contributed by atoms with Crippen molar-refractivity contribution in [2.24, 2.45) is 0 Å². The van der Waals surface area contributed by atoms with Gasteiger partial charge in [0.2, 0.25) is 0 Å². The molecule has 9 aromatic rings. The molecule has 11 rings (SSSR count). The van der Waals surface area contributed by atoms with Crippen LogP contribution in [0.2, 0.25) is 0 Å². The lowest BCUT2D eigenvalue weighted by Crippen LogP contribution is -2.16. The molecular formula is C63H50N2. The van der Waals surface area contributed by atoms with Crippen LogP contribution in [0, 0.1) is 0 Å². The van der Waals surface area contributed by atoms with E-state index in [1.807, 2.05) is 0 Å². The first-order valence-electron chi connectivity index (χ1n) is 22.8. The molecule has 0 spiro atoms. The van der Waals surface area contributed by atoms with Crippen LogP contribution in [0.25, 0.3) is 50.1 Å². The number of benzene rings is 9. The number of allylic oxidation sites excluding steroid dienone is 4. The summed E-state index contributed by atoms with van der Waals surface area (Å²) in [5.74, 6) is 0. The van der Waals surface area contributed by atoms with Gasteiger partial charge in [-0.25, -0.2) is 0 Å².